The van der Waals surface area contributed by atoms with Crippen LogP contribution >= 0.6 is 23.2 Å². The Hall–Kier alpha value is -1.25. The molecule has 2 atom stereocenters. The number of carbonyl (C=O) groups excluding carboxylic acids is 1. The van der Waals surface area contributed by atoms with E-state index >= 15 is 0 Å². The first-order valence-electron chi connectivity index (χ1n) is 6.50. The Morgan fingerprint density at radius 1 is 1.57 bits per heavy atom. The summed E-state index contributed by atoms with van der Waals surface area (Å²) in [7, 11) is 1.77. The lowest BCUT2D eigenvalue weighted by molar-refractivity contribution is -0.122. The van der Waals surface area contributed by atoms with Gasteiger partial charge in [0.15, 0.2) is 0 Å². The number of nitrogens with zero attached hydrogens (tertiary/aromatic N) is 1. The molecule has 0 heterocycles. The molecule has 0 aliphatic heterocycles. The van der Waals surface area contributed by atoms with Crippen molar-refractivity contribution in [3.8, 4) is 12.3 Å². The molecule has 0 fully saturated rings. The highest BCUT2D eigenvalue weighted by molar-refractivity contribution is 6.35. The van der Waals surface area contributed by atoms with Crippen LogP contribution in [0.4, 0.5) is 0 Å². The SMILES string of the molecule is C#CCNC(=O)CN(C)[C@H]1c2cc(Cl)cc(Cl)c2C[C@@H]1O. The van der Waals surface area contributed by atoms with E-state index in [0.29, 0.717) is 16.5 Å². The number of carbonyl (C=O) groups is 1. The van der Waals surface area contributed by atoms with Crippen LogP contribution in [-0.4, -0.2) is 42.2 Å². The van der Waals surface area contributed by atoms with Gasteiger partial charge in [0.2, 0.25) is 5.91 Å². The molecule has 1 amide bonds. The van der Waals surface area contributed by atoms with E-state index in [1.54, 1.807) is 24.1 Å². The summed E-state index contributed by atoms with van der Waals surface area (Å²) < 4.78 is 0. The Morgan fingerprint density at radius 3 is 2.95 bits per heavy atom. The second-order valence-corrected chi connectivity index (χ2v) is 5.91. The molecule has 0 aromatic heterocycles. The highest BCUT2D eigenvalue weighted by Crippen LogP contribution is 2.40. The van der Waals surface area contributed by atoms with Gasteiger partial charge in [0.1, 0.15) is 0 Å². The third kappa shape index (κ3) is 3.50. The highest BCUT2D eigenvalue weighted by atomic mass is 35.5. The minimum Gasteiger partial charge on any atom is -0.391 e. The maximum absolute atomic E-state index is 11.7. The number of hydrogen-bond acceptors (Lipinski definition) is 3. The van der Waals surface area contributed by atoms with Crippen molar-refractivity contribution in [1.29, 1.82) is 0 Å². The summed E-state index contributed by atoms with van der Waals surface area (Å²) in [5, 5.41) is 13.9. The van der Waals surface area contributed by atoms with Gasteiger partial charge in [-0.15, -0.1) is 6.42 Å². The summed E-state index contributed by atoms with van der Waals surface area (Å²) in [6, 6.07) is 3.14. The number of nitrogens with one attached hydrogen (secondary N) is 1. The molecule has 112 valence electrons. The predicted octanol–water partition coefficient (Wildman–Crippen LogP) is 1.63. The lowest BCUT2D eigenvalue weighted by Gasteiger charge is -2.27. The molecule has 0 bridgehead atoms. The topological polar surface area (TPSA) is 52.6 Å². The van der Waals surface area contributed by atoms with Crippen LogP contribution in [0.15, 0.2) is 12.1 Å². The molecule has 0 saturated heterocycles. The number of benzene rings is 1. The van der Waals surface area contributed by atoms with Gasteiger partial charge < -0.3 is 10.4 Å². The number of amides is 1. The van der Waals surface area contributed by atoms with Crippen LogP contribution in [0.5, 0.6) is 0 Å². The summed E-state index contributed by atoms with van der Waals surface area (Å²) in [4.78, 5) is 13.5. The van der Waals surface area contributed by atoms with Gasteiger partial charge >= 0.3 is 0 Å². The Morgan fingerprint density at radius 2 is 2.29 bits per heavy atom. The van der Waals surface area contributed by atoms with Gasteiger partial charge in [0, 0.05) is 16.5 Å². The van der Waals surface area contributed by atoms with Gasteiger partial charge in [-0.25, -0.2) is 0 Å². The van der Waals surface area contributed by atoms with Crippen molar-refractivity contribution in [1.82, 2.24) is 10.2 Å². The molecule has 6 heteroatoms. The smallest absolute Gasteiger partial charge is 0.234 e. The Kier molecular flexibility index (Phi) is 5.13. The molecular formula is C15H16Cl2N2O2. The van der Waals surface area contributed by atoms with Crippen molar-refractivity contribution < 1.29 is 9.90 Å². The zero-order chi connectivity index (χ0) is 15.6. The number of aliphatic hydroxyl groups excluding tert-OH is 1. The maximum atomic E-state index is 11.7. The van der Waals surface area contributed by atoms with Crippen molar-refractivity contribution in [2.24, 2.45) is 0 Å². The van der Waals surface area contributed by atoms with Crippen molar-refractivity contribution in [2.45, 2.75) is 18.6 Å². The van der Waals surface area contributed by atoms with Gasteiger partial charge in [-0.2, -0.15) is 0 Å². The third-order valence-electron chi connectivity index (χ3n) is 3.55. The first kappa shape index (κ1) is 16.1. The zero-order valence-electron chi connectivity index (χ0n) is 11.6. The van der Waals surface area contributed by atoms with Gasteiger partial charge in [-0.3, -0.25) is 9.69 Å². The van der Waals surface area contributed by atoms with E-state index in [-0.39, 0.29) is 25.0 Å². The Bertz CT molecular complexity index is 598. The van der Waals surface area contributed by atoms with Gasteiger partial charge in [-0.1, -0.05) is 29.1 Å². The van der Waals surface area contributed by atoms with E-state index in [2.05, 4.69) is 11.2 Å². The van der Waals surface area contributed by atoms with E-state index in [1.165, 1.54) is 0 Å². The molecule has 0 radical (unpaired) electrons. The molecule has 2 N–H and O–H groups in total. The number of likely N-dealkylation sites (N-methyl/N-ethyl adjacent to an activating group) is 1. The van der Waals surface area contributed by atoms with E-state index in [9.17, 15) is 9.90 Å². The molecule has 1 aliphatic carbocycles. The number of aliphatic hydroxyl groups is 1. The van der Waals surface area contributed by atoms with Crippen LogP contribution in [0.3, 0.4) is 0 Å². The number of rotatable bonds is 4. The summed E-state index contributed by atoms with van der Waals surface area (Å²) in [5.41, 5.74) is 1.75. The standard InChI is InChI=1S/C15H16Cl2N2O2/c1-3-4-18-14(21)8-19(2)15-11-5-9(16)6-12(17)10(11)7-13(15)20/h1,5-6,13,15,20H,4,7-8H2,2H3,(H,18,21)/t13-,15-/m0/s1. The molecule has 1 aliphatic rings. The van der Waals surface area contributed by atoms with Crippen molar-refractivity contribution in [3.05, 3.63) is 33.3 Å². The van der Waals surface area contributed by atoms with Crippen LogP contribution in [-0.2, 0) is 11.2 Å². The molecule has 0 spiro atoms. The molecular weight excluding hydrogens is 311 g/mol. The maximum Gasteiger partial charge on any atom is 0.234 e. The van der Waals surface area contributed by atoms with Crippen LogP contribution < -0.4 is 5.32 Å². The van der Waals surface area contributed by atoms with E-state index in [0.717, 1.165) is 11.1 Å². The second-order valence-electron chi connectivity index (χ2n) is 5.07. The third-order valence-corrected chi connectivity index (χ3v) is 4.10. The molecule has 0 unspecified atom stereocenters. The molecule has 1 aromatic carbocycles. The van der Waals surface area contributed by atoms with E-state index in [4.69, 9.17) is 29.6 Å². The second kappa shape index (κ2) is 6.67. The fraction of sp³-hybridized carbons (Fsp3) is 0.400. The minimum atomic E-state index is -0.624. The first-order valence-corrected chi connectivity index (χ1v) is 7.26. The van der Waals surface area contributed by atoms with Crippen molar-refractivity contribution in [2.75, 3.05) is 20.1 Å². The average Bonchev–Trinajstić information content (AvgIpc) is 2.73. The molecule has 0 saturated carbocycles. The fourth-order valence-corrected chi connectivity index (χ4v) is 3.28. The summed E-state index contributed by atoms with van der Waals surface area (Å²) >= 11 is 12.2. The summed E-state index contributed by atoms with van der Waals surface area (Å²) in [6.07, 6.45) is 4.93. The molecule has 2 rings (SSSR count). The number of terminal acetylenes is 1. The van der Waals surface area contributed by atoms with Gasteiger partial charge in [0.05, 0.1) is 25.2 Å². The van der Waals surface area contributed by atoms with Crippen LogP contribution in [0.2, 0.25) is 10.0 Å². The Labute approximate surface area is 134 Å². The first-order chi connectivity index (χ1) is 9.93. The fourth-order valence-electron chi connectivity index (χ4n) is 2.69. The van der Waals surface area contributed by atoms with Crippen LogP contribution in [0.1, 0.15) is 17.2 Å². The highest BCUT2D eigenvalue weighted by Gasteiger charge is 2.36. The normalized spacial score (nSPS) is 20.2. The lowest BCUT2D eigenvalue weighted by Crippen LogP contribution is -2.39. The predicted molar refractivity (Wildman–Crippen MR) is 83.4 cm³/mol. The molecule has 1 aromatic rings. The van der Waals surface area contributed by atoms with Crippen molar-refractivity contribution >= 4 is 29.1 Å². The van der Waals surface area contributed by atoms with Gasteiger partial charge in [0.25, 0.3) is 0 Å². The number of fused-ring (bicyclic) bond motifs is 1. The zero-order valence-corrected chi connectivity index (χ0v) is 13.1. The van der Waals surface area contributed by atoms with Crippen LogP contribution in [0, 0.1) is 12.3 Å². The Balaban J connectivity index is 2.18. The number of hydrogen-bond donors (Lipinski definition) is 2. The average molecular weight is 327 g/mol. The lowest BCUT2D eigenvalue weighted by atomic mass is 10.1. The van der Waals surface area contributed by atoms with Crippen LogP contribution in [0.25, 0.3) is 0 Å². The van der Waals surface area contributed by atoms with E-state index < -0.39 is 6.10 Å². The van der Waals surface area contributed by atoms with E-state index in [1.807, 2.05) is 0 Å². The van der Waals surface area contributed by atoms with Crippen molar-refractivity contribution in [3.63, 3.8) is 0 Å². The largest absolute Gasteiger partial charge is 0.391 e. The van der Waals surface area contributed by atoms with Gasteiger partial charge in [-0.05, 0) is 30.3 Å². The molecule has 4 nitrogen and oxygen atoms in total. The summed E-state index contributed by atoms with van der Waals surface area (Å²) in [5.74, 6) is 2.16. The number of halogens is 2. The summed E-state index contributed by atoms with van der Waals surface area (Å²) in [6.45, 7) is 0.321. The molecule has 21 heavy (non-hydrogen) atoms. The minimum absolute atomic E-state index is 0.132. The monoisotopic (exact) mass is 326 g/mol. The quantitative estimate of drug-likeness (QED) is 0.827.